The number of halogens is 7. The van der Waals surface area contributed by atoms with Crippen molar-refractivity contribution in [2.24, 2.45) is 0 Å². The van der Waals surface area contributed by atoms with E-state index in [9.17, 15) is 30.7 Å². The van der Waals surface area contributed by atoms with Gasteiger partial charge >= 0.3 is 18.0 Å². The molecule has 0 heterocycles. The van der Waals surface area contributed by atoms with Crippen LogP contribution >= 0.6 is 0 Å². The quantitative estimate of drug-likeness (QED) is 0.689. The van der Waals surface area contributed by atoms with Crippen molar-refractivity contribution < 1.29 is 30.7 Å². The number of rotatable bonds is 4. The Hall–Kier alpha value is -1.27. The Labute approximate surface area is 105 Å². The van der Waals surface area contributed by atoms with E-state index < -0.39 is 23.6 Å². The minimum Gasteiger partial charge on any atom is -0.194 e. The van der Waals surface area contributed by atoms with E-state index in [2.05, 4.69) is 0 Å². The maximum atomic E-state index is 13.5. The fourth-order valence-corrected chi connectivity index (χ4v) is 1.66. The van der Waals surface area contributed by atoms with Crippen molar-refractivity contribution in [2.45, 2.75) is 37.8 Å². The van der Waals surface area contributed by atoms with Gasteiger partial charge < -0.3 is 0 Å². The molecule has 0 radical (unpaired) electrons. The molecule has 1 aromatic rings. The lowest BCUT2D eigenvalue weighted by molar-refractivity contribution is -0.359. The Morgan fingerprint density at radius 1 is 0.895 bits per heavy atom. The van der Waals surface area contributed by atoms with E-state index in [0.717, 1.165) is 12.1 Å². The molecule has 7 heteroatoms. The van der Waals surface area contributed by atoms with Gasteiger partial charge in [0, 0.05) is 5.56 Å². The zero-order valence-electron chi connectivity index (χ0n) is 9.87. The van der Waals surface area contributed by atoms with Gasteiger partial charge in [0.05, 0.1) is 0 Å². The van der Waals surface area contributed by atoms with Crippen LogP contribution in [0.3, 0.4) is 0 Å². The van der Waals surface area contributed by atoms with E-state index in [-0.39, 0.29) is 12.0 Å². The van der Waals surface area contributed by atoms with Gasteiger partial charge in [-0.05, 0) is 12.0 Å². The van der Waals surface area contributed by atoms with Crippen molar-refractivity contribution >= 4 is 0 Å². The number of aryl methyl sites for hydroxylation is 1. The van der Waals surface area contributed by atoms with E-state index >= 15 is 0 Å². The molecule has 0 atom stereocenters. The molecule has 0 aliphatic rings. The van der Waals surface area contributed by atoms with Crippen molar-refractivity contribution in [1.82, 2.24) is 0 Å². The van der Waals surface area contributed by atoms with E-state index in [0.29, 0.717) is 12.5 Å². The minimum absolute atomic E-state index is 0.000297. The predicted molar refractivity (Wildman–Crippen MR) is 55.3 cm³/mol. The van der Waals surface area contributed by atoms with Gasteiger partial charge in [0.2, 0.25) is 0 Å². The van der Waals surface area contributed by atoms with Gasteiger partial charge in [-0.15, -0.1) is 0 Å². The van der Waals surface area contributed by atoms with Crippen LogP contribution in [0.1, 0.15) is 24.5 Å². The van der Waals surface area contributed by atoms with Crippen LogP contribution in [-0.4, -0.2) is 12.1 Å². The van der Waals surface area contributed by atoms with Crippen molar-refractivity contribution in [3.05, 3.63) is 35.4 Å². The highest BCUT2D eigenvalue weighted by molar-refractivity contribution is 5.33. The molecule has 0 fully saturated rings. The molecule has 0 amide bonds. The van der Waals surface area contributed by atoms with Gasteiger partial charge in [-0.3, -0.25) is 0 Å². The minimum atomic E-state index is -6.31. The fourth-order valence-electron chi connectivity index (χ4n) is 1.66. The van der Waals surface area contributed by atoms with Gasteiger partial charge in [0.25, 0.3) is 0 Å². The molecule has 1 rings (SSSR count). The van der Waals surface area contributed by atoms with Crippen LogP contribution in [0.4, 0.5) is 30.7 Å². The van der Waals surface area contributed by atoms with Crippen LogP contribution in [0.25, 0.3) is 0 Å². The first-order chi connectivity index (χ1) is 8.55. The van der Waals surface area contributed by atoms with E-state index in [4.69, 9.17) is 0 Å². The van der Waals surface area contributed by atoms with Gasteiger partial charge in [0.15, 0.2) is 0 Å². The molecule has 0 saturated carbocycles. The maximum Gasteiger partial charge on any atom is 0.460 e. The third-order valence-electron chi connectivity index (χ3n) is 2.63. The lowest BCUT2D eigenvalue weighted by atomic mass is 9.94. The Morgan fingerprint density at radius 2 is 1.42 bits per heavy atom. The molecule has 0 aliphatic heterocycles. The average Bonchev–Trinajstić information content (AvgIpc) is 2.28. The van der Waals surface area contributed by atoms with Crippen molar-refractivity contribution in [1.29, 1.82) is 0 Å². The summed E-state index contributed by atoms with van der Waals surface area (Å²) in [6, 6.07) is 4.05. The van der Waals surface area contributed by atoms with E-state index in [1.165, 1.54) is 6.07 Å². The summed E-state index contributed by atoms with van der Waals surface area (Å²) in [4.78, 5) is 0. The molecule has 0 unspecified atom stereocenters. The van der Waals surface area contributed by atoms with Gasteiger partial charge in [-0.1, -0.05) is 37.6 Å². The highest BCUT2D eigenvalue weighted by atomic mass is 19.4. The summed E-state index contributed by atoms with van der Waals surface area (Å²) in [6.45, 7) is 1.61. The van der Waals surface area contributed by atoms with E-state index in [1.807, 2.05) is 0 Å². The van der Waals surface area contributed by atoms with Gasteiger partial charge in [-0.25, -0.2) is 0 Å². The Balaban J connectivity index is 3.35. The first-order valence-electron chi connectivity index (χ1n) is 5.46. The molecule has 1 aromatic carbocycles. The number of hydrogen-bond donors (Lipinski definition) is 0. The largest absolute Gasteiger partial charge is 0.460 e. The highest BCUT2D eigenvalue weighted by Gasteiger charge is 2.73. The standard InChI is InChI=1S/C12H11F7/c1-2-5-8-6-3-4-7-9(8)10(13,14)11(15,16)12(17,18)19/h3-4,6-7H,2,5H2,1H3. The van der Waals surface area contributed by atoms with Gasteiger partial charge in [-0.2, -0.15) is 30.7 Å². The maximum absolute atomic E-state index is 13.5. The lowest BCUT2D eigenvalue weighted by Gasteiger charge is -2.29. The molecule has 0 saturated heterocycles. The molecular weight excluding hydrogens is 277 g/mol. The third-order valence-corrected chi connectivity index (χ3v) is 2.63. The second-order valence-electron chi connectivity index (χ2n) is 4.05. The molecule has 0 nitrogen and oxygen atoms in total. The van der Waals surface area contributed by atoms with Crippen LogP contribution in [0.2, 0.25) is 0 Å². The average molecular weight is 288 g/mol. The fraction of sp³-hybridized carbons (Fsp3) is 0.500. The number of hydrogen-bond acceptors (Lipinski definition) is 0. The molecular formula is C12H11F7. The molecule has 0 aromatic heterocycles. The second kappa shape index (κ2) is 5.02. The SMILES string of the molecule is CCCc1ccccc1C(F)(F)C(F)(F)C(F)(F)F. The van der Waals surface area contributed by atoms with Crippen LogP contribution in [0.15, 0.2) is 24.3 Å². The highest BCUT2D eigenvalue weighted by Crippen LogP contribution is 2.52. The van der Waals surface area contributed by atoms with E-state index in [1.54, 1.807) is 6.92 Å². The summed E-state index contributed by atoms with van der Waals surface area (Å²) in [6.07, 6.45) is -5.96. The first kappa shape index (κ1) is 15.8. The Bertz CT molecular complexity index is 434. The molecule has 0 aliphatic carbocycles. The van der Waals surface area contributed by atoms with Crippen LogP contribution < -0.4 is 0 Å². The summed E-state index contributed by atoms with van der Waals surface area (Å²) in [5.41, 5.74) is -1.49. The van der Waals surface area contributed by atoms with Gasteiger partial charge in [0.1, 0.15) is 0 Å². The number of benzene rings is 1. The van der Waals surface area contributed by atoms with Crippen molar-refractivity contribution in [2.75, 3.05) is 0 Å². The molecule has 0 N–H and O–H groups in total. The summed E-state index contributed by atoms with van der Waals surface area (Å²) in [7, 11) is 0. The number of alkyl halides is 7. The van der Waals surface area contributed by atoms with Crippen molar-refractivity contribution in [3.8, 4) is 0 Å². The second-order valence-corrected chi connectivity index (χ2v) is 4.05. The van der Waals surface area contributed by atoms with Crippen molar-refractivity contribution in [3.63, 3.8) is 0 Å². The molecule has 0 spiro atoms. The van der Waals surface area contributed by atoms with Crippen LogP contribution in [-0.2, 0) is 12.3 Å². The zero-order valence-corrected chi connectivity index (χ0v) is 9.87. The third kappa shape index (κ3) is 2.69. The summed E-state index contributed by atoms with van der Waals surface area (Å²) in [5, 5.41) is 0. The Morgan fingerprint density at radius 3 is 1.89 bits per heavy atom. The monoisotopic (exact) mass is 288 g/mol. The Kier molecular flexibility index (Phi) is 4.17. The zero-order chi connectivity index (χ0) is 14.9. The molecule has 0 bridgehead atoms. The summed E-state index contributed by atoms with van der Waals surface area (Å²) < 4.78 is 89.3. The first-order valence-corrected chi connectivity index (χ1v) is 5.46. The smallest absolute Gasteiger partial charge is 0.194 e. The predicted octanol–water partition coefficient (Wildman–Crippen LogP) is 4.93. The topological polar surface area (TPSA) is 0 Å². The normalized spacial score (nSPS) is 13.7. The summed E-state index contributed by atoms with van der Waals surface area (Å²) >= 11 is 0. The van der Waals surface area contributed by atoms with Crippen LogP contribution in [0, 0.1) is 0 Å². The lowest BCUT2D eigenvalue weighted by Crippen LogP contribution is -2.50. The molecule has 19 heavy (non-hydrogen) atoms. The molecule has 108 valence electrons. The summed E-state index contributed by atoms with van der Waals surface area (Å²) in [5.74, 6) is -11.4. The van der Waals surface area contributed by atoms with Crippen LogP contribution in [0.5, 0.6) is 0 Å².